The summed E-state index contributed by atoms with van der Waals surface area (Å²) in [6.45, 7) is 17.7. The van der Waals surface area contributed by atoms with Crippen molar-refractivity contribution in [1.82, 2.24) is 0 Å². The van der Waals surface area contributed by atoms with E-state index in [1.165, 1.54) is 25.0 Å². The molecule has 0 fully saturated rings. The van der Waals surface area contributed by atoms with Gasteiger partial charge in [-0.05, 0) is 80.9 Å². The van der Waals surface area contributed by atoms with E-state index in [0.29, 0.717) is 63.9 Å². The van der Waals surface area contributed by atoms with Crippen LogP contribution in [0.25, 0.3) is 0 Å². The van der Waals surface area contributed by atoms with Gasteiger partial charge in [-0.2, -0.15) is 0 Å². The molecule has 10 nitrogen and oxygen atoms in total. The third-order valence-corrected chi connectivity index (χ3v) is 6.07. The molecule has 0 aliphatic carbocycles. The normalized spacial score (nSPS) is 9.93. The average molecular weight is 591 g/mol. The number of hydrogen-bond acceptors (Lipinski definition) is 7. The molecule has 0 saturated carbocycles. The lowest BCUT2D eigenvalue weighted by Crippen LogP contribution is -2.22. The second kappa shape index (κ2) is 23.5. The van der Waals surface area contributed by atoms with E-state index in [9.17, 15) is 29.7 Å². The highest BCUT2D eigenvalue weighted by molar-refractivity contribution is 6.07. The first-order chi connectivity index (χ1) is 20.2. The first-order valence-electron chi connectivity index (χ1n) is 14.0. The number of aromatic carboxylic acids is 3. The largest absolute Gasteiger partial charge is 0.502 e. The van der Waals surface area contributed by atoms with Crippen molar-refractivity contribution in [3.63, 3.8) is 0 Å². The molecule has 3 N–H and O–H groups in total. The highest BCUT2D eigenvalue weighted by Gasteiger charge is 2.32. The zero-order valence-corrected chi connectivity index (χ0v) is 24.7. The molecule has 1 aromatic rings. The Hall–Kier alpha value is -4.21. The molecule has 10 heteroatoms. The van der Waals surface area contributed by atoms with Crippen LogP contribution in [0.5, 0.6) is 0 Å². The van der Waals surface area contributed by atoms with E-state index in [0.717, 1.165) is 13.0 Å². The highest BCUT2D eigenvalue weighted by atomic mass is 16.5. The standard InChI is InChI=1S/C27H36O9.C5H10O/c1-4-34-16-10-7-13-19-20(14-8-11-17-35-5-2)23(26(30)31)24(27(32)33)21(22(19)25(28)29)15-9-12-18-36-6-3;1-3-5-6-4-2/h4-6H,1-3,7-18H2,(H,28,29)(H,30,31)(H,32,33);4H,2-3,5H2,1H3. The monoisotopic (exact) mass is 590 g/mol. The van der Waals surface area contributed by atoms with Crippen molar-refractivity contribution in [3.8, 4) is 0 Å². The van der Waals surface area contributed by atoms with Crippen LogP contribution in [0.4, 0.5) is 0 Å². The molecule has 1 rings (SSSR count). The van der Waals surface area contributed by atoms with Crippen molar-refractivity contribution in [3.05, 3.63) is 84.7 Å². The van der Waals surface area contributed by atoms with Gasteiger partial charge in [0.15, 0.2) is 0 Å². The minimum atomic E-state index is -1.46. The van der Waals surface area contributed by atoms with Crippen LogP contribution in [-0.2, 0) is 38.2 Å². The summed E-state index contributed by atoms with van der Waals surface area (Å²) in [7, 11) is 0. The number of carboxylic acids is 3. The maximum absolute atomic E-state index is 12.5. The van der Waals surface area contributed by atoms with Crippen molar-refractivity contribution >= 4 is 17.9 Å². The van der Waals surface area contributed by atoms with E-state index in [1.54, 1.807) is 0 Å². The number of rotatable bonds is 24. The van der Waals surface area contributed by atoms with Gasteiger partial charge in [-0.1, -0.05) is 33.2 Å². The van der Waals surface area contributed by atoms with E-state index in [-0.39, 0.29) is 41.5 Å². The quantitative estimate of drug-likeness (QED) is 0.0868. The smallest absolute Gasteiger partial charge is 0.336 e. The molecule has 0 aliphatic heterocycles. The number of carboxylic acid groups (broad SMARTS) is 3. The summed E-state index contributed by atoms with van der Waals surface area (Å²) in [5.41, 5.74) is -0.275. The van der Waals surface area contributed by atoms with Gasteiger partial charge in [0.1, 0.15) is 0 Å². The van der Waals surface area contributed by atoms with Gasteiger partial charge in [-0.15, -0.1) is 0 Å². The lowest BCUT2D eigenvalue weighted by molar-refractivity contribution is 0.0646. The molecule has 234 valence electrons. The first-order valence-corrected chi connectivity index (χ1v) is 14.0. The Bertz CT molecular complexity index is 1030. The molecule has 0 atom stereocenters. The Morgan fingerprint density at radius 3 is 1.14 bits per heavy atom. The van der Waals surface area contributed by atoms with Crippen LogP contribution in [0.15, 0.2) is 51.4 Å². The van der Waals surface area contributed by atoms with E-state index in [1.807, 2.05) is 0 Å². The molecule has 0 heterocycles. The number of unbranched alkanes of at least 4 members (excludes halogenated alkanes) is 3. The summed E-state index contributed by atoms with van der Waals surface area (Å²) in [5.74, 6) is -4.14. The van der Waals surface area contributed by atoms with E-state index < -0.39 is 23.5 Å². The summed E-state index contributed by atoms with van der Waals surface area (Å²) >= 11 is 0. The topological polar surface area (TPSA) is 149 Å². The number of hydrogen-bond donors (Lipinski definition) is 3. The zero-order valence-electron chi connectivity index (χ0n) is 24.7. The summed E-state index contributed by atoms with van der Waals surface area (Å²) in [5, 5.41) is 30.3. The van der Waals surface area contributed by atoms with Crippen molar-refractivity contribution in [2.75, 3.05) is 26.4 Å². The third kappa shape index (κ3) is 13.9. The summed E-state index contributed by atoms with van der Waals surface area (Å²) < 4.78 is 20.1. The average Bonchev–Trinajstić information content (AvgIpc) is 2.95. The fourth-order valence-electron chi connectivity index (χ4n) is 4.36. The fraction of sp³-hybridized carbons (Fsp3) is 0.469. The number of carbonyl (C=O) groups is 3. The molecule has 0 aromatic heterocycles. The molecular weight excluding hydrogens is 544 g/mol. The van der Waals surface area contributed by atoms with E-state index >= 15 is 0 Å². The Morgan fingerprint density at radius 1 is 0.524 bits per heavy atom. The third-order valence-electron chi connectivity index (χ3n) is 6.07. The van der Waals surface area contributed by atoms with Gasteiger partial charge >= 0.3 is 17.9 Å². The van der Waals surface area contributed by atoms with Gasteiger partial charge in [0.25, 0.3) is 0 Å². The van der Waals surface area contributed by atoms with Gasteiger partial charge in [0.05, 0.1) is 68.2 Å². The van der Waals surface area contributed by atoms with Crippen LogP contribution in [0.1, 0.15) is 99.6 Å². The maximum atomic E-state index is 12.5. The van der Waals surface area contributed by atoms with Crippen LogP contribution in [0.3, 0.4) is 0 Å². The predicted octanol–water partition coefficient (Wildman–Crippen LogP) is 6.79. The van der Waals surface area contributed by atoms with Gasteiger partial charge < -0.3 is 34.3 Å². The van der Waals surface area contributed by atoms with Gasteiger partial charge in [0.2, 0.25) is 0 Å². The molecule has 1 aromatic carbocycles. The lowest BCUT2D eigenvalue weighted by Gasteiger charge is -2.22. The van der Waals surface area contributed by atoms with Gasteiger partial charge in [-0.3, -0.25) is 0 Å². The molecule has 0 amide bonds. The molecule has 0 unspecified atom stereocenters. The van der Waals surface area contributed by atoms with Crippen LogP contribution in [0, 0.1) is 0 Å². The molecule has 0 radical (unpaired) electrons. The Kier molecular flexibility index (Phi) is 21.1. The fourth-order valence-corrected chi connectivity index (χ4v) is 4.36. The van der Waals surface area contributed by atoms with Gasteiger partial charge in [0, 0.05) is 0 Å². The Labute approximate surface area is 248 Å². The zero-order chi connectivity index (χ0) is 31.8. The molecular formula is C32H46O10. The Morgan fingerprint density at radius 2 is 0.833 bits per heavy atom. The predicted molar refractivity (Wildman–Crippen MR) is 161 cm³/mol. The molecule has 42 heavy (non-hydrogen) atoms. The molecule has 0 spiro atoms. The maximum Gasteiger partial charge on any atom is 0.336 e. The number of benzene rings is 1. The minimum Gasteiger partial charge on any atom is -0.502 e. The van der Waals surface area contributed by atoms with Crippen LogP contribution in [-0.4, -0.2) is 59.7 Å². The Balaban J connectivity index is 0.00000252. The molecule has 0 bridgehead atoms. The van der Waals surface area contributed by atoms with Crippen LogP contribution >= 0.6 is 0 Å². The summed E-state index contributed by atoms with van der Waals surface area (Å²) in [4.78, 5) is 37.2. The van der Waals surface area contributed by atoms with Crippen LogP contribution in [0.2, 0.25) is 0 Å². The lowest BCUT2D eigenvalue weighted by atomic mass is 9.81. The SMILES string of the molecule is C=COCCC.C=COCCCCc1c(CCCCOC=C)c(C(=O)O)c(C(=O)O)c(CCCCOC=C)c1C(=O)O. The van der Waals surface area contributed by atoms with Crippen molar-refractivity contribution in [2.45, 2.75) is 71.1 Å². The minimum absolute atomic E-state index is 0.0297. The molecule has 0 aliphatic rings. The summed E-state index contributed by atoms with van der Waals surface area (Å²) in [6.07, 6.45) is 10.1. The second-order valence-electron chi connectivity index (χ2n) is 9.00. The van der Waals surface area contributed by atoms with Crippen LogP contribution < -0.4 is 0 Å². The highest BCUT2D eigenvalue weighted by Crippen LogP contribution is 2.33. The van der Waals surface area contributed by atoms with Gasteiger partial charge in [-0.25, -0.2) is 14.4 Å². The molecule has 0 saturated heterocycles. The number of ether oxygens (including phenoxy) is 4. The van der Waals surface area contributed by atoms with Crippen molar-refractivity contribution in [2.24, 2.45) is 0 Å². The van der Waals surface area contributed by atoms with E-state index in [4.69, 9.17) is 18.9 Å². The first kappa shape index (κ1) is 37.8. The van der Waals surface area contributed by atoms with Crippen molar-refractivity contribution in [1.29, 1.82) is 0 Å². The van der Waals surface area contributed by atoms with Crippen molar-refractivity contribution < 1.29 is 48.7 Å². The summed E-state index contributed by atoms with van der Waals surface area (Å²) in [6, 6.07) is 0. The van der Waals surface area contributed by atoms with E-state index in [2.05, 4.69) is 33.2 Å². The second-order valence-corrected chi connectivity index (χ2v) is 9.00.